The number of nitrogens with zero attached hydrogens (tertiary/aromatic N) is 1. The fourth-order valence-electron chi connectivity index (χ4n) is 1.27. The molecule has 4 nitrogen and oxygen atoms in total. The highest BCUT2D eigenvalue weighted by molar-refractivity contribution is 9.10. The van der Waals surface area contributed by atoms with Crippen molar-refractivity contribution in [3.05, 3.63) is 28.2 Å². The molecule has 0 bridgehead atoms. The number of hydrogen-bond donors (Lipinski definition) is 2. The number of amides is 1. The van der Waals surface area contributed by atoms with Gasteiger partial charge >= 0.3 is 0 Å². The molecule has 0 aliphatic heterocycles. The molecule has 1 rings (SSSR count). The second kappa shape index (κ2) is 5.52. The quantitative estimate of drug-likeness (QED) is 0.889. The summed E-state index contributed by atoms with van der Waals surface area (Å²) >= 11 is 3.31. The minimum absolute atomic E-state index is 0.0986. The average Bonchev–Trinajstić information content (AvgIpc) is 2.26. The number of halogens is 1. The Bertz CT molecular complexity index is 439. The molecule has 16 heavy (non-hydrogen) atoms. The third-order valence-electron chi connectivity index (χ3n) is 2.05. The van der Waals surface area contributed by atoms with Crippen molar-refractivity contribution < 1.29 is 4.79 Å². The zero-order valence-corrected chi connectivity index (χ0v) is 10.6. The molecule has 0 saturated heterocycles. The van der Waals surface area contributed by atoms with Crippen LogP contribution in [0.5, 0.6) is 0 Å². The van der Waals surface area contributed by atoms with Crippen LogP contribution in [0.25, 0.3) is 0 Å². The molecule has 1 aromatic rings. The third-order valence-corrected chi connectivity index (χ3v) is 2.51. The van der Waals surface area contributed by atoms with Crippen LogP contribution in [0.2, 0.25) is 0 Å². The zero-order chi connectivity index (χ0) is 12.1. The second-order valence-electron chi connectivity index (χ2n) is 3.32. The third kappa shape index (κ3) is 3.24. The molecular formula is C11H12BrN3O. The number of carbonyl (C=O) groups is 1. The smallest absolute Gasteiger partial charge is 0.241 e. The molecule has 0 radical (unpaired) electrons. The summed E-state index contributed by atoms with van der Waals surface area (Å²) < 4.78 is 0.804. The van der Waals surface area contributed by atoms with Crippen LogP contribution in [0, 0.1) is 11.3 Å². The van der Waals surface area contributed by atoms with E-state index in [4.69, 9.17) is 5.26 Å². The maximum atomic E-state index is 11.3. The topological polar surface area (TPSA) is 64.9 Å². The Labute approximate surface area is 103 Å². The fourth-order valence-corrected chi connectivity index (χ4v) is 1.76. The molecule has 1 atom stereocenters. The predicted octanol–water partition coefficient (Wildman–Crippen LogP) is 1.87. The van der Waals surface area contributed by atoms with Crippen molar-refractivity contribution in [3.63, 3.8) is 0 Å². The van der Waals surface area contributed by atoms with E-state index in [0.717, 1.165) is 10.2 Å². The van der Waals surface area contributed by atoms with E-state index in [0.29, 0.717) is 5.56 Å². The lowest BCUT2D eigenvalue weighted by Gasteiger charge is -2.14. The number of benzene rings is 1. The van der Waals surface area contributed by atoms with Gasteiger partial charge in [-0.05, 0) is 25.1 Å². The van der Waals surface area contributed by atoms with Gasteiger partial charge in [-0.15, -0.1) is 0 Å². The first-order chi connectivity index (χ1) is 7.56. The molecule has 0 fully saturated rings. The van der Waals surface area contributed by atoms with Crippen LogP contribution >= 0.6 is 15.9 Å². The standard InChI is InChI=1S/C11H12BrN3O/c1-7(11(16)14-2)15-10-4-8(6-13)3-9(12)5-10/h3-5,7,15H,1-2H3,(H,14,16). The largest absolute Gasteiger partial charge is 0.374 e. The maximum absolute atomic E-state index is 11.3. The highest BCUT2D eigenvalue weighted by atomic mass is 79.9. The molecule has 1 unspecified atom stereocenters. The Morgan fingerprint density at radius 3 is 2.75 bits per heavy atom. The summed E-state index contributed by atoms with van der Waals surface area (Å²) in [5.41, 5.74) is 1.28. The molecule has 0 heterocycles. The molecule has 0 saturated carbocycles. The molecule has 2 N–H and O–H groups in total. The number of nitriles is 1. The number of hydrogen-bond acceptors (Lipinski definition) is 3. The van der Waals surface area contributed by atoms with Crippen molar-refractivity contribution in [2.45, 2.75) is 13.0 Å². The number of anilines is 1. The maximum Gasteiger partial charge on any atom is 0.241 e. The SMILES string of the molecule is CNC(=O)C(C)Nc1cc(Br)cc(C#N)c1. The van der Waals surface area contributed by atoms with Gasteiger partial charge in [0.1, 0.15) is 6.04 Å². The normalized spacial score (nSPS) is 11.4. The van der Waals surface area contributed by atoms with E-state index >= 15 is 0 Å². The Morgan fingerprint density at radius 1 is 1.50 bits per heavy atom. The first-order valence-electron chi connectivity index (χ1n) is 4.75. The van der Waals surface area contributed by atoms with E-state index in [1.807, 2.05) is 6.07 Å². The van der Waals surface area contributed by atoms with Crippen LogP contribution < -0.4 is 10.6 Å². The van der Waals surface area contributed by atoms with Crippen LogP contribution in [-0.2, 0) is 4.79 Å². The van der Waals surface area contributed by atoms with Gasteiger partial charge in [-0.2, -0.15) is 5.26 Å². The average molecular weight is 282 g/mol. The molecule has 0 aliphatic rings. The van der Waals surface area contributed by atoms with E-state index in [2.05, 4.69) is 32.6 Å². The summed E-state index contributed by atoms with van der Waals surface area (Å²) in [5, 5.41) is 14.4. The van der Waals surface area contributed by atoms with Crippen LogP contribution in [0.15, 0.2) is 22.7 Å². The predicted molar refractivity (Wildman–Crippen MR) is 66.0 cm³/mol. The first-order valence-corrected chi connectivity index (χ1v) is 5.55. The van der Waals surface area contributed by atoms with Crippen molar-refractivity contribution in [1.82, 2.24) is 5.32 Å². The molecule has 0 aliphatic carbocycles. The van der Waals surface area contributed by atoms with Gasteiger partial charge in [-0.25, -0.2) is 0 Å². The summed E-state index contributed by atoms with van der Waals surface area (Å²) in [7, 11) is 1.59. The van der Waals surface area contributed by atoms with Crippen molar-refractivity contribution in [2.24, 2.45) is 0 Å². The number of rotatable bonds is 3. The van der Waals surface area contributed by atoms with Crippen LogP contribution in [0.3, 0.4) is 0 Å². The van der Waals surface area contributed by atoms with Crippen molar-refractivity contribution in [1.29, 1.82) is 5.26 Å². The number of carbonyl (C=O) groups excluding carboxylic acids is 1. The van der Waals surface area contributed by atoms with Crippen molar-refractivity contribution >= 4 is 27.5 Å². The summed E-state index contributed by atoms with van der Waals surface area (Å²) in [6.45, 7) is 1.76. The summed E-state index contributed by atoms with van der Waals surface area (Å²) in [4.78, 5) is 11.3. The van der Waals surface area contributed by atoms with E-state index in [-0.39, 0.29) is 11.9 Å². The Balaban J connectivity index is 2.86. The minimum Gasteiger partial charge on any atom is -0.374 e. The summed E-state index contributed by atoms with van der Waals surface area (Å²) in [5.74, 6) is -0.0986. The fraction of sp³-hybridized carbons (Fsp3) is 0.273. The van der Waals surface area contributed by atoms with Gasteiger partial charge in [0.2, 0.25) is 5.91 Å². The van der Waals surface area contributed by atoms with E-state index < -0.39 is 0 Å². The van der Waals surface area contributed by atoms with Gasteiger partial charge in [-0.3, -0.25) is 4.79 Å². The van der Waals surface area contributed by atoms with Gasteiger partial charge in [0.25, 0.3) is 0 Å². The minimum atomic E-state index is -0.342. The molecule has 0 spiro atoms. The highest BCUT2D eigenvalue weighted by Gasteiger charge is 2.10. The highest BCUT2D eigenvalue weighted by Crippen LogP contribution is 2.19. The summed E-state index contributed by atoms with van der Waals surface area (Å²) in [6, 6.07) is 6.95. The molecular weight excluding hydrogens is 270 g/mol. The lowest BCUT2D eigenvalue weighted by atomic mass is 10.2. The van der Waals surface area contributed by atoms with Gasteiger partial charge in [0.05, 0.1) is 11.6 Å². The second-order valence-corrected chi connectivity index (χ2v) is 4.24. The molecule has 0 aromatic heterocycles. The van der Waals surface area contributed by atoms with Gasteiger partial charge in [0.15, 0.2) is 0 Å². The lowest BCUT2D eigenvalue weighted by Crippen LogP contribution is -2.35. The van der Waals surface area contributed by atoms with E-state index in [1.165, 1.54) is 0 Å². The Hall–Kier alpha value is -1.54. The number of likely N-dealkylation sites (N-methyl/N-ethyl adjacent to an activating group) is 1. The first kappa shape index (κ1) is 12.5. The van der Waals surface area contributed by atoms with E-state index in [9.17, 15) is 4.79 Å². The van der Waals surface area contributed by atoms with Gasteiger partial charge in [0, 0.05) is 17.2 Å². The van der Waals surface area contributed by atoms with Crippen LogP contribution in [0.1, 0.15) is 12.5 Å². The monoisotopic (exact) mass is 281 g/mol. The van der Waals surface area contributed by atoms with Crippen molar-refractivity contribution in [3.8, 4) is 6.07 Å². The van der Waals surface area contributed by atoms with Gasteiger partial charge < -0.3 is 10.6 Å². The Morgan fingerprint density at radius 2 is 2.19 bits per heavy atom. The van der Waals surface area contributed by atoms with Crippen molar-refractivity contribution in [2.75, 3.05) is 12.4 Å². The van der Waals surface area contributed by atoms with Crippen LogP contribution in [0.4, 0.5) is 5.69 Å². The molecule has 84 valence electrons. The Kier molecular flexibility index (Phi) is 4.32. The van der Waals surface area contributed by atoms with Crippen LogP contribution in [-0.4, -0.2) is 19.0 Å². The molecule has 1 amide bonds. The van der Waals surface area contributed by atoms with Gasteiger partial charge in [-0.1, -0.05) is 15.9 Å². The number of nitrogens with one attached hydrogen (secondary N) is 2. The summed E-state index contributed by atoms with van der Waals surface area (Å²) in [6.07, 6.45) is 0. The molecule has 1 aromatic carbocycles. The lowest BCUT2D eigenvalue weighted by molar-refractivity contribution is -0.121. The van der Waals surface area contributed by atoms with E-state index in [1.54, 1.807) is 26.1 Å². The zero-order valence-electron chi connectivity index (χ0n) is 9.04. The molecule has 5 heteroatoms.